The largest absolute Gasteiger partial charge is 0 e. The van der Waals surface area contributed by atoms with Crippen molar-refractivity contribution >= 4 is 8.41 Å². The molecule has 26 valence electrons. The third-order valence-corrected chi connectivity index (χ3v) is 0. The Hall–Kier alpha value is 2.45. The van der Waals surface area contributed by atoms with E-state index in [-0.39, 0.29) is 83.4 Å². The van der Waals surface area contributed by atoms with Crippen LogP contribution in [0.2, 0.25) is 0 Å². The smallest absolute Gasteiger partial charge is 0 e. The van der Waals surface area contributed by atoms with Crippen LogP contribution in [0.15, 0.2) is 0 Å². The van der Waals surface area contributed by atoms with E-state index in [2.05, 4.69) is 0 Å². The van der Waals surface area contributed by atoms with E-state index >= 15 is 0 Å². The van der Waals surface area contributed by atoms with Crippen LogP contribution < -0.4 is 0 Å². The first-order valence-electron chi connectivity index (χ1n) is 0. The normalized spacial score (nSPS) is 0. The molecule has 0 nitrogen and oxygen atoms in total. The zero-order valence-electron chi connectivity index (χ0n) is 1.73. The van der Waals surface area contributed by atoms with E-state index in [1.54, 1.807) is 0 Å². The summed E-state index contributed by atoms with van der Waals surface area (Å²) in [4.78, 5) is 0. The van der Waals surface area contributed by atoms with Gasteiger partial charge in [-0.15, -0.1) is 0 Å². The fourth-order valence-electron chi connectivity index (χ4n) is 0. The summed E-state index contributed by atoms with van der Waals surface area (Å²) in [5.41, 5.74) is 0. The minimum Gasteiger partial charge on any atom is 0 e. The van der Waals surface area contributed by atoms with Crippen molar-refractivity contribution in [1.82, 2.24) is 0 Å². The Kier molecular flexibility index (Phi) is 143. The van der Waals surface area contributed by atoms with Gasteiger partial charge in [-0.3, -0.25) is 0 Å². The van der Waals surface area contributed by atoms with Gasteiger partial charge >= 0.3 is 0 Å². The minimum absolute atomic E-state index is 0. The summed E-state index contributed by atoms with van der Waals surface area (Å²) in [7, 11) is 0. The summed E-state index contributed by atoms with van der Waals surface area (Å²) in [6, 6.07) is 0. The minimum atomic E-state index is 0. The van der Waals surface area contributed by atoms with Crippen LogP contribution in [0.5, 0.6) is 0 Å². The molecular weight excluding hydrogens is 274 g/mol. The molecule has 4 radical (unpaired) electrons. The maximum Gasteiger partial charge on any atom is 0 e. The fraction of sp³-hybridized carbons (Fsp3) is 0. The molecule has 4 heteroatoms. The summed E-state index contributed by atoms with van der Waals surface area (Å²) in [6.45, 7) is 0. The Bertz CT molecular complexity index is 8.00. The molecule has 0 amide bonds. The first kappa shape index (κ1) is 31.9. The molecule has 0 rings (SSSR count). The van der Waals surface area contributed by atoms with Gasteiger partial charge in [0.1, 0.15) is 0 Å². The summed E-state index contributed by atoms with van der Waals surface area (Å²) < 4.78 is 0. The van der Waals surface area contributed by atoms with Gasteiger partial charge in [0.15, 0.2) is 0 Å². The van der Waals surface area contributed by atoms with Crippen LogP contribution in [0.3, 0.4) is 0 Å². The van der Waals surface area contributed by atoms with Crippen molar-refractivity contribution in [3.05, 3.63) is 0 Å². The Morgan fingerprint density at radius 3 is 1.00 bits per heavy atom. The van der Waals surface area contributed by atoms with Gasteiger partial charge in [0.05, 0.1) is 0 Å². The molecule has 0 aliphatic carbocycles. The average molecular weight is 274 g/mol. The SMILES string of the molecule is [B].[Cu].[Fe].[Nd]. The molecule has 0 bridgehead atoms. The van der Waals surface area contributed by atoms with Crippen molar-refractivity contribution in [2.75, 3.05) is 0 Å². The maximum atomic E-state index is 0. The first-order chi connectivity index (χ1) is 0. The molecule has 0 aliphatic rings. The molecule has 0 fully saturated rings. The molecule has 0 unspecified atom stereocenters. The van der Waals surface area contributed by atoms with Crippen LogP contribution in [0.25, 0.3) is 0 Å². The average Bonchev–Trinajstić information content (AvgIpc) is 0. The molecule has 0 aromatic carbocycles. The Morgan fingerprint density at radius 1 is 1.00 bits per heavy atom. The third kappa shape index (κ3) is 8.82. The van der Waals surface area contributed by atoms with E-state index in [0.717, 1.165) is 0 Å². The topological polar surface area (TPSA) is 0 Å². The quantitative estimate of drug-likeness (QED) is 0.528. The number of rotatable bonds is 0. The van der Waals surface area contributed by atoms with E-state index in [1.165, 1.54) is 0 Å². The van der Waals surface area contributed by atoms with Gasteiger partial charge in [-0.05, 0) is 0 Å². The van der Waals surface area contributed by atoms with Crippen molar-refractivity contribution in [3.63, 3.8) is 0 Å². The Morgan fingerprint density at radius 2 is 1.00 bits per heavy atom. The van der Waals surface area contributed by atoms with Gasteiger partial charge in [0, 0.05) is 83.4 Å². The molecular formula is BCuFeNd. The van der Waals surface area contributed by atoms with Crippen molar-refractivity contribution < 1.29 is 75.0 Å². The van der Waals surface area contributed by atoms with Crippen LogP contribution in [0.4, 0.5) is 0 Å². The molecule has 0 heterocycles. The first-order valence-corrected chi connectivity index (χ1v) is 0. The van der Waals surface area contributed by atoms with Crippen LogP contribution >= 0.6 is 0 Å². The number of hydrogen-bond donors (Lipinski definition) is 0. The predicted octanol–water partition coefficient (Wildman–Crippen LogP) is -0.386. The van der Waals surface area contributed by atoms with Crippen LogP contribution in [-0.2, 0) is 34.1 Å². The number of hydrogen-bond acceptors (Lipinski definition) is 0. The molecule has 0 saturated carbocycles. The summed E-state index contributed by atoms with van der Waals surface area (Å²) in [5.74, 6) is 0. The fourth-order valence-corrected chi connectivity index (χ4v) is 0. The van der Waals surface area contributed by atoms with Gasteiger partial charge in [0.2, 0.25) is 0 Å². The summed E-state index contributed by atoms with van der Waals surface area (Å²) >= 11 is 0. The second-order valence-electron chi connectivity index (χ2n) is 0. The van der Waals surface area contributed by atoms with E-state index in [9.17, 15) is 0 Å². The van der Waals surface area contributed by atoms with E-state index in [4.69, 9.17) is 0 Å². The zero-order chi connectivity index (χ0) is 0. The molecule has 0 spiro atoms. The van der Waals surface area contributed by atoms with Crippen LogP contribution in [0.1, 0.15) is 0 Å². The molecule has 0 aromatic heterocycles. The van der Waals surface area contributed by atoms with Crippen LogP contribution in [-0.4, -0.2) is 8.41 Å². The third-order valence-electron chi connectivity index (χ3n) is 0. The Balaban J connectivity index is 0. The monoisotopic (exact) mass is 272 g/mol. The molecule has 0 saturated heterocycles. The van der Waals surface area contributed by atoms with Gasteiger partial charge in [-0.1, -0.05) is 0 Å². The molecule has 4 heavy (non-hydrogen) atoms. The van der Waals surface area contributed by atoms with E-state index < -0.39 is 0 Å². The molecule has 0 aliphatic heterocycles. The van der Waals surface area contributed by atoms with Crippen molar-refractivity contribution in [3.8, 4) is 0 Å². The van der Waals surface area contributed by atoms with E-state index in [0.29, 0.717) is 0 Å². The van der Waals surface area contributed by atoms with Gasteiger partial charge in [-0.25, -0.2) is 0 Å². The second-order valence-corrected chi connectivity index (χ2v) is 0. The summed E-state index contributed by atoms with van der Waals surface area (Å²) in [6.07, 6.45) is 0. The predicted molar refractivity (Wildman–Crippen MR) is 5.75 cm³/mol. The van der Waals surface area contributed by atoms with Crippen LogP contribution in [0, 0.1) is 40.8 Å². The molecule has 0 aromatic rings. The summed E-state index contributed by atoms with van der Waals surface area (Å²) in [5, 5.41) is 0. The van der Waals surface area contributed by atoms with Gasteiger partial charge in [-0.2, -0.15) is 0 Å². The maximum absolute atomic E-state index is 0. The molecule has 0 N–H and O–H groups in total. The molecule has 0 atom stereocenters. The Labute approximate surface area is 81.9 Å². The second kappa shape index (κ2) is 18.0. The van der Waals surface area contributed by atoms with Crippen molar-refractivity contribution in [1.29, 1.82) is 0 Å². The van der Waals surface area contributed by atoms with E-state index in [1.807, 2.05) is 0 Å². The van der Waals surface area contributed by atoms with Crippen molar-refractivity contribution in [2.24, 2.45) is 0 Å². The standard InChI is InChI=1S/B.Cu.Fe.Nd. The zero-order valence-corrected chi connectivity index (χ0v) is 6.99. The van der Waals surface area contributed by atoms with Crippen molar-refractivity contribution in [2.45, 2.75) is 0 Å². The van der Waals surface area contributed by atoms with Gasteiger partial charge < -0.3 is 0 Å². The van der Waals surface area contributed by atoms with Gasteiger partial charge in [0.25, 0.3) is 0 Å².